The number of hydrogen-bond donors (Lipinski definition) is 2. The molecule has 3 heterocycles. The van der Waals surface area contributed by atoms with Gasteiger partial charge in [-0.15, -0.1) is 0 Å². The smallest absolute Gasteiger partial charge is 0.256 e. The number of rotatable bonds is 5. The fourth-order valence-electron chi connectivity index (χ4n) is 4.43. The zero-order chi connectivity index (χ0) is 26.3. The van der Waals surface area contributed by atoms with E-state index in [1.54, 1.807) is 41.3 Å². The fraction of sp³-hybridized carbons (Fsp3) is 0.231. The Labute approximate surface area is 233 Å². The van der Waals surface area contributed by atoms with Crippen LogP contribution in [0, 0.1) is 10.5 Å². The predicted molar refractivity (Wildman–Crippen MR) is 150 cm³/mol. The minimum Gasteiger partial charge on any atom is -0.378 e. The van der Waals surface area contributed by atoms with Gasteiger partial charge in [-0.3, -0.25) is 9.59 Å². The number of aromatic amines is 1. The van der Waals surface area contributed by atoms with Crippen LogP contribution >= 0.6 is 34.2 Å². The summed E-state index contributed by atoms with van der Waals surface area (Å²) in [6, 6.07) is 11.5. The molecule has 0 bridgehead atoms. The Morgan fingerprint density at radius 2 is 1.95 bits per heavy atom. The number of amides is 2. The molecule has 11 heteroatoms. The van der Waals surface area contributed by atoms with Crippen LogP contribution in [-0.4, -0.2) is 56.4 Å². The second-order valence-electron chi connectivity index (χ2n) is 8.86. The van der Waals surface area contributed by atoms with E-state index in [0.717, 1.165) is 9.26 Å². The molecular weight excluding hydrogens is 629 g/mol. The third-order valence-electron chi connectivity index (χ3n) is 6.33. The quantitative estimate of drug-likeness (QED) is 0.312. The molecule has 0 atom stereocenters. The van der Waals surface area contributed by atoms with Crippen molar-refractivity contribution in [1.29, 1.82) is 0 Å². The lowest BCUT2D eigenvalue weighted by atomic mass is 10.0. The minimum absolute atomic E-state index is 0.0802. The van der Waals surface area contributed by atoms with Gasteiger partial charge >= 0.3 is 0 Å². The van der Waals surface area contributed by atoms with Crippen molar-refractivity contribution >= 4 is 73.2 Å². The van der Waals surface area contributed by atoms with E-state index in [9.17, 15) is 18.0 Å². The summed E-state index contributed by atoms with van der Waals surface area (Å²) >= 11 is 8.34. The van der Waals surface area contributed by atoms with Crippen LogP contribution in [0.25, 0.3) is 11.6 Å². The molecule has 0 unspecified atom stereocenters. The predicted octanol–water partition coefficient (Wildman–Crippen LogP) is 4.52. The summed E-state index contributed by atoms with van der Waals surface area (Å²) in [5.41, 5.74) is 3.48. The Morgan fingerprint density at radius 3 is 2.68 bits per heavy atom. The first-order valence-corrected chi connectivity index (χ1v) is 14.6. The van der Waals surface area contributed by atoms with Crippen molar-refractivity contribution in [3.63, 3.8) is 0 Å². The average molecular weight is 652 g/mol. The first-order valence-electron chi connectivity index (χ1n) is 11.5. The normalized spacial score (nSPS) is 16.7. The van der Waals surface area contributed by atoms with Crippen LogP contribution in [0.5, 0.6) is 0 Å². The van der Waals surface area contributed by atoms with E-state index in [1.165, 1.54) is 12.1 Å². The van der Waals surface area contributed by atoms with Gasteiger partial charge in [0.15, 0.2) is 9.84 Å². The van der Waals surface area contributed by atoms with Crippen LogP contribution in [0.4, 0.5) is 5.69 Å². The second kappa shape index (κ2) is 10.2. The lowest BCUT2D eigenvalue weighted by Crippen LogP contribution is -2.40. The van der Waals surface area contributed by atoms with E-state index >= 15 is 0 Å². The number of nitrogens with zero attached hydrogens (tertiary/aromatic N) is 1. The molecule has 0 aliphatic carbocycles. The number of sulfone groups is 1. The number of carbonyl (C=O) groups is 2. The summed E-state index contributed by atoms with van der Waals surface area (Å²) < 4.78 is 32.7. The third kappa shape index (κ3) is 5.20. The maximum Gasteiger partial charge on any atom is 0.256 e. The van der Waals surface area contributed by atoms with Gasteiger partial charge in [-0.05, 0) is 77.6 Å². The molecule has 0 spiro atoms. The van der Waals surface area contributed by atoms with E-state index in [1.807, 2.05) is 6.92 Å². The number of hydrogen-bond acceptors (Lipinski definition) is 5. The lowest BCUT2D eigenvalue weighted by molar-refractivity contribution is -0.110. The van der Waals surface area contributed by atoms with Crippen LogP contribution in [0.1, 0.15) is 32.9 Å². The Balaban J connectivity index is 1.51. The van der Waals surface area contributed by atoms with Crippen LogP contribution in [0.2, 0.25) is 5.02 Å². The van der Waals surface area contributed by atoms with Gasteiger partial charge in [-0.2, -0.15) is 0 Å². The van der Waals surface area contributed by atoms with Crippen LogP contribution in [-0.2, 0) is 25.1 Å². The zero-order valence-corrected chi connectivity index (χ0v) is 23.5. The van der Waals surface area contributed by atoms with E-state index in [2.05, 4.69) is 32.9 Å². The largest absolute Gasteiger partial charge is 0.378 e. The highest BCUT2D eigenvalue weighted by Gasteiger charge is 2.29. The number of anilines is 1. The van der Waals surface area contributed by atoms with E-state index < -0.39 is 9.84 Å². The van der Waals surface area contributed by atoms with E-state index in [4.69, 9.17) is 16.3 Å². The number of ether oxygens (including phenoxy) is 1. The van der Waals surface area contributed by atoms with Crippen molar-refractivity contribution in [2.45, 2.75) is 17.6 Å². The summed E-state index contributed by atoms with van der Waals surface area (Å²) in [6.45, 7) is 3.78. The van der Waals surface area contributed by atoms with Gasteiger partial charge in [0, 0.05) is 38.6 Å². The molecule has 8 nitrogen and oxygen atoms in total. The molecule has 192 valence electrons. The Kier molecular flexibility index (Phi) is 7.18. The maximum atomic E-state index is 13.3. The van der Waals surface area contributed by atoms with Gasteiger partial charge in [0.2, 0.25) is 0 Å². The molecule has 2 aromatic carbocycles. The van der Waals surface area contributed by atoms with Crippen molar-refractivity contribution in [2.24, 2.45) is 0 Å². The molecule has 1 fully saturated rings. The second-order valence-corrected chi connectivity index (χ2v) is 12.4. The average Bonchev–Trinajstić information content (AvgIpc) is 3.40. The molecule has 2 amide bonds. The lowest BCUT2D eigenvalue weighted by Gasteiger charge is -2.26. The molecular formula is C26H23ClIN3O5S. The Bertz CT molecular complexity index is 1540. The highest BCUT2D eigenvalue weighted by Crippen LogP contribution is 2.36. The van der Waals surface area contributed by atoms with Crippen LogP contribution in [0.15, 0.2) is 47.4 Å². The van der Waals surface area contributed by atoms with Gasteiger partial charge in [0.1, 0.15) is 0 Å². The SMILES string of the molecule is Cc1cc(C(=O)N2CCOCC2)c(/C=C2\C(=O)Nc3ccc(S(=O)(=O)Cc4c(Cl)cccc4I)cc32)[nH]1. The Morgan fingerprint density at radius 1 is 1.19 bits per heavy atom. The number of benzene rings is 2. The fourth-order valence-corrected chi connectivity index (χ4v) is 7.29. The van der Waals surface area contributed by atoms with Gasteiger partial charge in [0.25, 0.3) is 11.8 Å². The summed E-state index contributed by atoms with van der Waals surface area (Å²) in [6.07, 6.45) is 1.61. The van der Waals surface area contributed by atoms with Crippen molar-refractivity contribution < 1.29 is 22.7 Å². The minimum atomic E-state index is -3.76. The highest BCUT2D eigenvalue weighted by molar-refractivity contribution is 14.1. The van der Waals surface area contributed by atoms with Crippen molar-refractivity contribution in [3.8, 4) is 0 Å². The number of fused-ring (bicyclic) bond motifs is 1. The molecule has 2 aliphatic rings. The van der Waals surface area contributed by atoms with Crippen molar-refractivity contribution in [2.75, 3.05) is 31.6 Å². The Hall–Kier alpha value is -2.67. The number of nitrogens with one attached hydrogen (secondary N) is 2. The van der Waals surface area contributed by atoms with Gasteiger partial charge < -0.3 is 19.9 Å². The maximum absolute atomic E-state index is 13.3. The monoisotopic (exact) mass is 651 g/mol. The highest BCUT2D eigenvalue weighted by atomic mass is 127. The molecule has 3 aromatic rings. The van der Waals surface area contributed by atoms with E-state index in [-0.39, 0.29) is 28.0 Å². The van der Waals surface area contributed by atoms with Crippen LogP contribution < -0.4 is 5.32 Å². The molecule has 37 heavy (non-hydrogen) atoms. The summed E-state index contributed by atoms with van der Waals surface area (Å²) in [4.78, 5) is 31.0. The summed E-state index contributed by atoms with van der Waals surface area (Å²) in [5, 5.41) is 3.17. The first kappa shape index (κ1) is 26.0. The van der Waals surface area contributed by atoms with Gasteiger partial charge in [-0.25, -0.2) is 8.42 Å². The standard InChI is InChI=1S/C26H23ClIN3O5S/c1-15-11-19(26(33)31-7-9-36-10-8-31)24(29-15)13-18-17-12-16(5-6-23(17)30-25(18)32)37(34,35)14-20-21(27)3-2-4-22(20)28/h2-6,11-13,29H,7-10,14H2,1H3,(H,30,32)/b18-13-. The topological polar surface area (TPSA) is 109 Å². The zero-order valence-electron chi connectivity index (χ0n) is 19.8. The first-order chi connectivity index (χ1) is 17.6. The third-order valence-corrected chi connectivity index (χ3v) is 9.34. The number of morpholine rings is 1. The number of aromatic nitrogens is 1. The summed E-state index contributed by atoms with van der Waals surface area (Å²) in [7, 11) is -3.76. The van der Waals surface area contributed by atoms with Gasteiger partial charge in [0.05, 0.1) is 40.7 Å². The van der Waals surface area contributed by atoms with Gasteiger partial charge in [-0.1, -0.05) is 17.7 Å². The number of aryl methyl sites for hydroxylation is 1. The van der Waals surface area contributed by atoms with E-state index in [0.29, 0.717) is 59.4 Å². The number of halogens is 2. The molecule has 0 saturated carbocycles. The molecule has 5 rings (SSSR count). The molecule has 1 saturated heterocycles. The van der Waals surface area contributed by atoms with Crippen molar-refractivity contribution in [3.05, 3.63) is 79.1 Å². The molecule has 2 N–H and O–H groups in total. The summed E-state index contributed by atoms with van der Waals surface area (Å²) in [5.74, 6) is -0.788. The molecule has 1 aromatic heterocycles. The number of H-pyrrole nitrogens is 1. The number of carbonyl (C=O) groups excluding carboxylic acids is 2. The van der Waals surface area contributed by atoms with Crippen LogP contribution in [0.3, 0.4) is 0 Å². The van der Waals surface area contributed by atoms with Crippen molar-refractivity contribution in [1.82, 2.24) is 9.88 Å². The molecule has 2 aliphatic heterocycles. The molecule has 0 radical (unpaired) electrons.